The molecule has 2 heterocycles. The van der Waals surface area contributed by atoms with Crippen LogP contribution in [0.5, 0.6) is 0 Å². The summed E-state index contributed by atoms with van der Waals surface area (Å²) in [6.07, 6.45) is 1.97. The first-order valence-electron chi connectivity index (χ1n) is 5.95. The van der Waals surface area contributed by atoms with Crippen molar-refractivity contribution in [2.75, 3.05) is 6.54 Å². The Hall–Kier alpha value is -1.67. The Kier molecular flexibility index (Phi) is 3.35. The van der Waals surface area contributed by atoms with Crippen LogP contribution in [-0.4, -0.2) is 40.3 Å². The molecule has 0 bridgehead atoms. The molecule has 1 fully saturated rings. The van der Waals surface area contributed by atoms with E-state index in [1.807, 2.05) is 0 Å². The van der Waals surface area contributed by atoms with Gasteiger partial charge in [0.1, 0.15) is 22.1 Å². The zero-order chi connectivity index (χ0) is 14.2. The van der Waals surface area contributed by atoms with E-state index < -0.39 is 16.2 Å². The predicted molar refractivity (Wildman–Crippen MR) is 72.5 cm³/mol. The normalized spacial score (nSPS) is 20.1. The molecule has 7 nitrogen and oxygen atoms in total. The van der Waals surface area contributed by atoms with Crippen LogP contribution in [0.2, 0.25) is 0 Å². The number of hydrogen-bond donors (Lipinski definition) is 0. The van der Waals surface area contributed by atoms with Gasteiger partial charge in [0.05, 0.1) is 11.7 Å². The first-order valence-corrected chi connectivity index (χ1v) is 8.12. The van der Waals surface area contributed by atoms with E-state index in [0.29, 0.717) is 30.4 Å². The highest BCUT2D eigenvalue weighted by Gasteiger charge is 2.36. The van der Waals surface area contributed by atoms with Gasteiger partial charge in [0, 0.05) is 6.54 Å². The number of rotatable bonds is 3. The maximum atomic E-state index is 12.7. The maximum absolute atomic E-state index is 12.7. The second-order valence-electron chi connectivity index (χ2n) is 4.35. The van der Waals surface area contributed by atoms with Crippen LogP contribution in [0.4, 0.5) is 0 Å². The van der Waals surface area contributed by atoms with Crippen LogP contribution in [0.25, 0.3) is 11.0 Å². The van der Waals surface area contributed by atoms with Crippen molar-refractivity contribution in [2.45, 2.75) is 23.9 Å². The molecule has 0 spiro atoms. The van der Waals surface area contributed by atoms with Gasteiger partial charge in [-0.2, -0.15) is 18.0 Å². The molecule has 1 aromatic carbocycles. The molecule has 1 saturated heterocycles. The van der Waals surface area contributed by atoms with E-state index in [1.54, 1.807) is 12.1 Å². The standard InChI is InChI=1S/C11H10N4O3S2/c16-7-12-10-5-2-6-15(10)20(17,18)9-4-1-3-8-11(9)14-19-13-8/h1,3-4,10H,2,5-6H2. The van der Waals surface area contributed by atoms with E-state index in [0.717, 1.165) is 11.7 Å². The summed E-state index contributed by atoms with van der Waals surface area (Å²) in [5.41, 5.74) is 0.906. The molecule has 1 aromatic heterocycles. The number of carbonyl (C=O) groups excluding carboxylic acids is 1. The molecule has 1 aliphatic heterocycles. The van der Waals surface area contributed by atoms with Gasteiger partial charge in [0.15, 0.2) is 0 Å². The van der Waals surface area contributed by atoms with Crippen molar-refractivity contribution in [1.82, 2.24) is 13.1 Å². The second-order valence-corrected chi connectivity index (χ2v) is 6.73. The van der Waals surface area contributed by atoms with Crippen LogP contribution in [0.15, 0.2) is 28.1 Å². The molecular formula is C11H10N4O3S2. The molecule has 1 aliphatic rings. The van der Waals surface area contributed by atoms with Crippen LogP contribution < -0.4 is 0 Å². The maximum Gasteiger partial charge on any atom is 0.247 e. The minimum Gasteiger partial charge on any atom is -0.211 e. The Bertz CT molecular complexity index is 795. The number of nitrogens with zero attached hydrogens (tertiary/aromatic N) is 4. The van der Waals surface area contributed by atoms with Crippen molar-refractivity contribution in [3.63, 3.8) is 0 Å². The van der Waals surface area contributed by atoms with Gasteiger partial charge in [-0.25, -0.2) is 13.2 Å². The summed E-state index contributed by atoms with van der Waals surface area (Å²) in [5, 5.41) is 0. The van der Waals surface area contributed by atoms with E-state index in [2.05, 4.69) is 13.7 Å². The largest absolute Gasteiger partial charge is 0.247 e. The minimum atomic E-state index is -3.74. The number of fused-ring (bicyclic) bond motifs is 1. The van der Waals surface area contributed by atoms with Crippen LogP contribution >= 0.6 is 11.7 Å². The number of isocyanates is 1. The van der Waals surface area contributed by atoms with E-state index in [4.69, 9.17) is 0 Å². The van der Waals surface area contributed by atoms with Gasteiger partial charge < -0.3 is 0 Å². The number of benzene rings is 1. The topological polar surface area (TPSA) is 92.6 Å². The zero-order valence-electron chi connectivity index (χ0n) is 10.3. The van der Waals surface area contributed by atoms with E-state index >= 15 is 0 Å². The van der Waals surface area contributed by atoms with Gasteiger partial charge in [-0.15, -0.1) is 0 Å². The first-order chi connectivity index (χ1) is 9.64. The third-order valence-corrected chi connectivity index (χ3v) is 5.68. The van der Waals surface area contributed by atoms with Gasteiger partial charge in [-0.1, -0.05) is 6.07 Å². The molecule has 1 unspecified atom stereocenters. The molecule has 3 rings (SSSR count). The monoisotopic (exact) mass is 310 g/mol. The predicted octanol–water partition coefficient (Wildman–Crippen LogP) is 1.14. The Morgan fingerprint density at radius 3 is 3.05 bits per heavy atom. The number of aliphatic imine (C=N–C) groups is 1. The van der Waals surface area contributed by atoms with Gasteiger partial charge in [-0.05, 0) is 25.0 Å². The van der Waals surface area contributed by atoms with Crippen molar-refractivity contribution < 1.29 is 13.2 Å². The molecule has 0 aliphatic carbocycles. The smallest absolute Gasteiger partial charge is 0.211 e. The summed E-state index contributed by atoms with van der Waals surface area (Å²) in [7, 11) is -3.74. The molecule has 20 heavy (non-hydrogen) atoms. The fourth-order valence-electron chi connectivity index (χ4n) is 2.31. The average Bonchev–Trinajstić information content (AvgIpc) is 3.06. The van der Waals surface area contributed by atoms with Gasteiger partial charge in [0.25, 0.3) is 0 Å². The van der Waals surface area contributed by atoms with E-state index in [-0.39, 0.29) is 4.90 Å². The van der Waals surface area contributed by atoms with Crippen molar-refractivity contribution in [2.24, 2.45) is 4.99 Å². The van der Waals surface area contributed by atoms with Gasteiger partial charge in [0.2, 0.25) is 16.1 Å². The fourth-order valence-corrected chi connectivity index (χ4v) is 4.66. The molecule has 0 N–H and O–H groups in total. The average molecular weight is 310 g/mol. The third-order valence-electron chi connectivity index (χ3n) is 3.21. The zero-order valence-corrected chi connectivity index (χ0v) is 11.9. The molecule has 1 atom stereocenters. The van der Waals surface area contributed by atoms with Crippen molar-refractivity contribution in [3.8, 4) is 0 Å². The fraction of sp³-hybridized carbons (Fsp3) is 0.364. The number of aromatic nitrogens is 2. The van der Waals surface area contributed by atoms with E-state index in [1.165, 1.54) is 16.5 Å². The van der Waals surface area contributed by atoms with E-state index in [9.17, 15) is 13.2 Å². The Morgan fingerprint density at radius 2 is 2.25 bits per heavy atom. The molecule has 104 valence electrons. The van der Waals surface area contributed by atoms with Gasteiger partial charge in [-0.3, -0.25) is 0 Å². The number of sulfonamides is 1. The first kappa shape index (κ1) is 13.3. The summed E-state index contributed by atoms with van der Waals surface area (Å²) in [4.78, 5) is 14.1. The lowest BCUT2D eigenvalue weighted by molar-refractivity contribution is 0.396. The quantitative estimate of drug-likeness (QED) is 0.626. The Morgan fingerprint density at radius 1 is 1.40 bits per heavy atom. The summed E-state index contributed by atoms with van der Waals surface area (Å²) in [5.74, 6) is 0. The molecule has 0 amide bonds. The molecule has 9 heteroatoms. The second kappa shape index (κ2) is 5.02. The molecule has 2 aromatic rings. The highest BCUT2D eigenvalue weighted by atomic mass is 32.2. The van der Waals surface area contributed by atoms with Crippen molar-refractivity contribution >= 4 is 38.9 Å². The lowest BCUT2D eigenvalue weighted by atomic mass is 10.3. The molecule has 0 radical (unpaired) electrons. The van der Waals surface area contributed by atoms with Crippen LogP contribution in [-0.2, 0) is 14.8 Å². The Balaban J connectivity index is 2.12. The summed E-state index contributed by atoms with van der Waals surface area (Å²) in [6, 6.07) is 4.84. The lowest BCUT2D eigenvalue weighted by Crippen LogP contribution is -2.34. The summed E-state index contributed by atoms with van der Waals surface area (Å²) < 4.78 is 34.7. The van der Waals surface area contributed by atoms with Crippen molar-refractivity contribution in [1.29, 1.82) is 0 Å². The molecular weight excluding hydrogens is 300 g/mol. The minimum absolute atomic E-state index is 0.108. The highest BCUT2D eigenvalue weighted by molar-refractivity contribution is 7.89. The third kappa shape index (κ3) is 2.04. The Labute approximate surface area is 119 Å². The van der Waals surface area contributed by atoms with Gasteiger partial charge >= 0.3 is 0 Å². The number of hydrogen-bond acceptors (Lipinski definition) is 7. The summed E-state index contributed by atoms with van der Waals surface area (Å²) >= 11 is 0.968. The van der Waals surface area contributed by atoms with Crippen LogP contribution in [0, 0.1) is 0 Å². The SMILES string of the molecule is O=C=NC1CCCN1S(=O)(=O)c1cccc2nsnc12. The van der Waals surface area contributed by atoms with Crippen LogP contribution in [0.3, 0.4) is 0 Å². The summed E-state index contributed by atoms with van der Waals surface area (Å²) in [6.45, 7) is 0.339. The van der Waals surface area contributed by atoms with Crippen molar-refractivity contribution in [3.05, 3.63) is 18.2 Å². The molecule has 0 saturated carbocycles. The lowest BCUT2D eigenvalue weighted by Gasteiger charge is -2.19. The highest BCUT2D eigenvalue weighted by Crippen LogP contribution is 2.30. The van der Waals surface area contributed by atoms with Crippen LogP contribution in [0.1, 0.15) is 12.8 Å².